The summed E-state index contributed by atoms with van der Waals surface area (Å²) in [6.07, 6.45) is 1.96. The van der Waals surface area contributed by atoms with Crippen LogP contribution in [0.3, 0.4) is 0 Å². The Morgan fingerprint density at radius 2 is 2.27 bits per heavy atom. The molecule has 3 aliphatic rings. The average Bonchev–Trinajstić information content (AvgIpc) is 3.14. The van der Waals surface area contributed by atoms with Gasteiger partial charge >= 0.3 is 6.11 Å². The Bertz CT molecular complexity index is 850. The molecule has 10 heteroatoms. The molecule has 0 radical (unpaired) electrons. The van der Waals surface area contributed by atoms with Gasteiger partial charge in [-0.3, -0.25) is 9.89 Å². The Labute approximate surface area is 151 Å². The van der Waals surface area contributed by atoms with Gasteiger partial charge in [0.05, 0.1) is 29.8 Å². The van der Waals surface area contributed by atoms with Crippen molar-refractivity contribution >= 4 is 22.9 Å². The fourth-order valence-corrected chi connectivity index (χ4v) is 4.42. The van der Waals surface area contributed by atoms with E-state index >= 15 is 0 Å². The summed E-state index contributed by atoms with van der Waals surface area (Å²) in [6.45, 7) is -0.0669. The lowest BCUT2D eigenvalue weighted by atomic mass is 10.1. The summed E-state index contributed by atoms with van der Waals surface area (Å²) in [4.78, 5) is 15.0. The number of anilines is 1. The molecule has 0 bridgehead atoms. The van der Waals surface area contributed by atoms with Crippen LogP contribution in [-0.4, -0.2) is 54.1 Å². The number of carbonyl (C=O) groups is 1. The van der Waals surface area contributed by atoms with Gasteiger partial charge in [-0.15, -0.1) is 11.3 Å². The molecule has 2 aromatic rings. The van der Waals surface area contributed by atoms with Crippen LogP contribution in [0.4, 0.5) is 14.5 Å². The van der Waals surface area contributed by atoms with Gasteiger partial charge in [-0.1, -0.05) is 0 Å². The number of H-pyrrole nitrogens is 1. The quantitative estimate of drug-likeness (QED) is 0.848. The zero-order chi connectivity index (χ0) is 17.9. The van der Waals surface area contributed by atoms with Crippen LogP contribution in [0, 0.1) is 0 Å². The number of aromatic nitrogens is 2. The highest BCUT2D eigenvalue weighted by molar-refractivity contribution is 7.18. The van der Waals surface area contributed by atoms with Crippen LogP contribution in [0.2, 0.25) is 0 Å². The Hall–Kier alpha value is -2.20. The molecule has 2 aliphatic heterocycles. The van der Waals surface area contributed by atoms with Crippen molar-refractivity contribution in [3.8, 4) is 16.2 Å². The first-order valence-corrected chi connectivity index (χ1v) is 9.23. The lowest BCUT2D eigenvalue weighted by molar-refractivity contribution is -0.172. The predicted octanol–water partition coefficient (Wildman–Crippen LogP) is 2.22. The van der Waals surface area contributed by atoms with Gasteiger partial charge in [0.15, 0.2) is 5.75 Å². The van der Waals surface area contributed by atoms with E-state index in [2.05, 4.69) is 15.5 Å². The monoisotopic (exact) mass is 382 g/mol. The van der Waals surface area contributed by atoms with Crippen LogP contribution < -0.4 is 15.0 Å². The maximum absolute atomic E-state index is 14.4. The highest BCUT2D eigenvalue weighted by atomic mass is 32.1. The van der Waals surface area contributed by atoms with Gasteiger partial charge in [-0.05, 0) is 12.8 Å². The van der Waals surface area contributed by atoms with Crippen LogP contribution in [0.1, 0.15) is 22.5 Å². The predicted molar refractivity (Wildman–Crippen MR) is 89.9 cm³/mol. The number of amides is 1. The van der Waals surface area contributed by atoms with Crippen LogP contribution in [-0.2, 0) is 4.74 Å². The van der Waals surface area contributed by atoms with E-state index in [1.165, 1.54) is 6.20 Å². The summed E-state index contributed by atoms with van der Waals surface area (Å²) >= 11 is 1.14. The van der Waals surface area contributed by atoms with Gasteiger partial charge in [0.2, 0.25) is 0 Å². The van der Waals surface area contributed by atoms with Gasteiger partial charge < -0.3 is 19.7 Å². The van der Waals surface area contributed by atoms with Crippen LogP contribution in [0.5, 0.6) is 5.75 Å². The van der Waals surface area contributed by atoms with Gasteiger partial charge in [-0.25, -0.2) is 0 Å². The minimum Gasteiger partial charge on any atom is -0.427 e. The molecule has 0 spiro atoms. The Morgan fingerprint density at radius 1 is 1.42 bits per heavy atom. The minimum absolute atomic E-state index is 0.0381. The lowest BCUT2D eigenvalue weighted by Gasteiger charge is -2.38. The van der Waals surface area contributed by atoms with Crippen molar-refractivity contribution in [3.05, 3.63) is 17.3 Å². The molecule has 0 unspecified atom stereocenters. The smallest absolute Gasteiger partial charge is 0.416 e. The first-order valence-electron chi connectivity index (χ1n) is 8.41. The van der Waals surface area contributed by atoms with Crippen molar-refractivity contribution in [1.82, 2.24) is 15.5 Å². The van der Waals surface area contributed by atoms with Gasteiger partial charge in [0.25, 0.3) is 5.91 Å². The molecule has 5 rings (SSSR count). The molecule has 0 saturated heterocycles. The van der Waals surface area contributed by atoms with E-state index < -0.39 is 12.7 Å². The van der Waals surface area contributed by atoms with E-state index in [-0.39, 0.29) is 37.0 Å². The molecule has 7 nitrogen and oxygen atoms in total. The highest BCUT2D eigenvalue weighted by Crippen LogP contribution is 2.53. The summed E-state index contributed by atoms with van der Waals surface area (Å²) in [6, 6.07) is -0.374. The summed E-state index contributed by atoms with van der Waals surface area (Å²) < 4.78 is 39.5. The topological polar surface area (TPSA) is 79.5 Å². The molecule has 26 heavy (non-hydrogen) atoms. The third-order valence-corrected chi connectivity index (χ3v) is 5.90. The number of hydrogen-bond donors (Lipinski definition) is 2. The van der Waals surface area contributed by atoms with Gasteiger partial charge in [-0.2, -0.15) is 13.9 Å². The van der Waals surface area contributed by atoms with E-state index in [0.29, 0.717) is 21.0 Å². The van der Waals surface area contributed by atoms with Crippen molar-refractivity contribution in [2.75, 3.05) is 24.6 Å². The second-order valence-electron chi connectivity index (χ2n) is 6.69. The molecular formula is C16H16F2N4O3S. The summed E-state index contributed by atoms with van der Waals surface area (Å²) in [7, 11) is 0. The van der Waals surface area contributed by atoms with Crippen molar-refractivity contribution in [2.45, 2.75) is 31.1 Å². The molecule has 1 atom stereocenters. The number of hydrogen-bond acceptors (Lipinski definition) is 6. The number of ether oxygens (including phenoxy) is 2. The van der Waals surface area contributed by atoms with Crippen molar-refractivity contribution in [1.29, 1.82) is 0 Å². The van der Waals surface area contributed by atoms with Crippen LogP contribution in [0.25, 0.3) is 10.4 Å². The van der Waals surface area contributed by atoms with Gasteiger partial charge in [0.1, 0.15) is 17.1 Å². The maximum Gasteiger partial charge on any atom is 0.416 e. The highest BCUT2D eigenvalue weighted by Gasteiger charge is 2.48. The molecule has 0 aromatic carbocycles. The second kappa shape index (κ2) is 5.65. The van der Waals surface area contributed by atoms with E-state index in [9.17, 15) is 13.6 Å². The number of thiophene rings is 1. The molecule has 2 N–H and O–H groups in total. The fourth-order valence-electron chi connectivity index (χ4n) is 3.28. The molecule has 4 heterocycles. The van der Waals surface area contributed by atoms with Crippen molar-refractivity contribution < 1.29 is 23.0 Å². The molecule has 2 aromatic heterocycles. The largest absolute Gasteiger partial charge is 0.427 e. The third-order valence-electron chi connectivity index (χ3n) is 4.69. The van der Waals surface area contributed by atoms with Gasteiger partial charge in [0, 0.05) is 18.3 Å². The third kappa shape index (κ3) is 2.64. The number of rotatable bonds is 4. The lowest BCUT2D eigenvalue weighted by Crippen LogP contribution is -2.53. The number of nitrogens with zero attached hydrogens (tertiary/aromatic N) is 2. The number of carbonyl (C=O) groups excluding carboxylic acids is 1. The number of halogens is 2. The first kappa shape index (κ1) is 16.0. The molecule has 1 amide bonds. The van der Waals surface area contributed by atoms with E-state index in [4.69, 9.17) is 9.47 Å². The fraction of sp³-hybridized carbons (Fsp3) is 0.500. The standard InChI is InChI=1S/C16H16F2N4O3S/c17-16(18)7-22-9(6-24-10-1-2-10)5-19-15(23)14-11(22)12(25-16)13(26-14)8-3-20-21-4-8/h3-4,9-10H,1-2,5-7H2,(H,19,23)(H,20,21)/t9-/m0/s1. The number of aromatic amines is 1. The SMILES string of the molecule is O=C1NC[C@@H](COC2CC2)N2CC(F)(F)Oc3c(-c4cn[nH]c4)sc1c32. The second-order valence-corrected chi connectivity index (χ2v) is 7.71. The number of alkyl halides is 2. The first-order chi connectivity index (χ1) is 12.5. The van der Waals surface area contributed by atoms with E-state index in [0.717, 1.165) is 24.2 Å². The van der Waals surface area contributed by atoms with E-state index in [1.807, 2.05) is 0 Å². The average molecular weight is 382 g/mol. The summed E-state index contributed by atoms with van der Waals surface area (Å²) in [5.41, 5.74) is 1.03. The summed E-state index contributed by atoms with van der Waals surface area (Å²) in [5.74, 6) is -0.246. The Morgan fingerprint density at radius 3 is 3.00 bits per heavy atom. The van der Waals surface area contributed by atoms with Crippen molar-refractivity contribution in [3.63, 3.8) is 0 Å². The maximum atomic E-state index is 14.4. The molecule has 138 valence electrons. The molecule has 1 fully saturated rings. The zero-order valence-corrected chi connectivity index (χ0v) is 14.4. The van der Waals surface area contributed by atoms with Crippen LogP contribution >= 0.6 is 11.3 Å². The Balaban J connectivity index is 1.61. The molecular weight excluding hydrogens is 366 g/mol. The summed E-state index contributed by atoms with van der Waals surface area (Å²) in [5, 5.41) is 9.35. The Kier molecular flexibility index (Phi) is 3.48. The normalized spacial score (nSPS) is 23.8. The molecule has 1 aliphatic carbocycles. The zero-order valence-electron chi connectivity index (χ0n) is 13.6. The van der Waals surface area contributed by atoms with E-state index in [1.54, 1.807) is 11.1 Å². The molecule has 1 saturated carbocycles. The van der Waals surface area contributed by atoms with Crippen molar-refractivity contribution in [2.24, 2.45) is 0 Å². The van der Waals surface area contributed by atoms with Crippen LogP contribution in [0.15, 0.2) is 12.4 Å². The number of nitrogens with one attached hydrogen (secondary N) is 2. The minimum atomic E-state index is -3.35.